The first-order valence-electron chi connectivity index (χ1n) is 10.1. The molecule has 4 heterocycles. The molecular weight excluding hydrogens is 483 g/mol. The number of alkyl halides is 3. The van der Waals surface area contributed by atoms with Gasteiger partial charge in [0.15, 0.2) is 0 Å². The monoisotopic (exact) mass is 507 g/mol. The number of carboxylic acids is 1. The summed E-state index contributed by atoms with van der Waals surface area (Å²) in [5.74, 6) is -2.76. The van der Waals surface area contributed by atoms with Crippen LogP contribution in [0.5, 0.6) is 0 Å². The van der Waals surface area contributed by atoms with Crippen molar-refractivity contribution in [3.05, 3.63) is 42.0 Å². The molecule has 0 saturated carbocycles. The van der Waals surface area contributed by atoms with Crippen molar-refractivity contribution in [2.75, 3.05) is 44.3 Å². The van der Waals surface area contributed by atoms with Crippen molar-refractivity contribution in [2.24, 2.45) is 5.41 Å². The molecule has 0 bridgehead atoms. The molecule has 2 fully saturated rings. The van der Waals surface area contributed by atoms with E-state index < -0.39 is 22.2 Å². The summed E-state index contributed by atoms with van der Waals surface area (Å²) in [6, 6.07) is 7.46. The zero-order valence-electron chi connectivity index (χ0n) is 17.6. The first-order chi connectivity index (χ1) is 15.5. The van der Waals surface area contributed by atoms with Gasteiger partial charge >= 0.3 is 12.1 Å². The van der Waals surface area contributed by atoms with Gasteiger partial charge in [0.05, 0.1) is 25.1 Å². The van der Waals surface area contributed by atoms with Gasteiger partial charge in [-0.25, -0.2) is 13.2 Å². The Morgan fingerprint density at radius 1 is 1.21 bits per heavy atom. The summed E-state index contributed by atoms with van der Waals surface area (Å²) in [5.41, 5.74) is 0.880. The normalized spacial score (nSPS) is 22.3. The van der Waals surface area contributed by atoms with Crippen LogP contribution >= 0.6 is 11.3 Å². The maximum Gasteiger partial charge on any atom is 0.490 e. The van der Waals surface area contributed by atoms with Crippen molar-refractivity contribution in [2.45, 2.75) is 23.2 Å². The van der Waals surface area contributed by atoms with E-state index in [1.807, 2.05) is 17.6 Å². The Morgan fingerprint density at radius 3 is 2.58 bits per heavy atom. The number of hydrogen-bond donors (Lipinski definition) is 1. The average molecular weight is 508 g/mol. The van der Waals surface area contributed by atoms with Gasteiger partial charge < -0.3 is 14.7 Å². The minimum atomic E-state index is -5.08. The van der Waals surface area contributed by atoms with Crippen LogP contribution < -0.4 is 4.90 Å². The van der Waals surface area contributed by atoms with Crippen LogP contribution in [0.3, 0.4) is 0 Å². The van der Waals surface area contributed by atoms with Crippen LogP contribution in [-0.2, 0) is 19.6 Å². The highest BCUT2D eigenvalue weighted by molar-refractivity contribution is 7.91. The molecule has 13 heteroatoms. The Hall–Kier alpha value is -2.22. The summed E-state index contributed by atoms with van der Waals surface area (Å²) >= 11 is 1.28. The molecule has 0 aromatic carbocycles. The number of aliphatic carboxylic acids is 1. The third-order valence-corrected chi connectivity index (χ3v) is 8.63. The Bertz CT molecular complexity index is 1020. The number of sulfonamides is 1. The lowest BCUT2D eigenvalue weighted by atomic mass is 9.81. The molecule has 8 nitrogen and oxygen atoms in total. The number of carbonyl (C=O) groups is 1. The lowest BCUT2D eigenvalue weighted by Gasteiger charge is -2.43. The SMILES string of the molecule is O=C(O)C(F)(F)F.O=S(=O)(c1cccs1)N1CCCC2(COCCN(c3cccnc3)C2)C1. The standard InChI is InChI=1S/C18H23N3O3S2.C2HF3O2/c22-26(23,17-5-2-11-25-17)21-8-3-6-18(14-21)13-20(9-10-24-15-18)16-4-1-7-19-12-16;3-2(4,5)1(6)7/h1-2,4-5,7,11-12H,3,6,8-10,13-15H2;(H,6,7). The molecule has 2 aromatic rings. The number of nitrogens with zero attached hydrogens (tertiary/aromatic N) is 3. The summed E-state index contributed by atoms with van der Waals surface area (Å²) in [5, 5.41) is 8.94. The van der Waals surface area contributed by atoms with Crippen LogP contribution in [0, 0.1) is 5.41 Å². The van der Waals surface area contributed by atoms with Crippen LogP contribution in [-0.4, -0.2) is 74.4 Å². The predicted molar refractivity (Wildman–Crippen MR) is 116 cm³/mol. The van der Waals surface area contributed by atoms with Crippen molar-refractivity contribution in [1.29, 1.82) is 0 Å². The lowest BCUT2D eigenvalue weighted by Crippen LogP contribution is -2.52. The molecule has 0 amide bonds. The van der Waals surface area contributed by atoms with E-state index in [0.29, 0.717) is 30.5 Å². The van der Waals surface area contributed by atoms with Crippen LogP contribution in [0.25, 0.3) is 0 Å². The smallest absolute Gasteiger partial charge is 0.475 e. The topological polar surface area (TPSA) is 100 Å². The van der Waals surface area contributed by atoms with Gasteiger partial charge in [-0.3, -0.25) is 4.98 Å². The summed E-state index contributed by atoms with van der Waals surface area (Å²) in [4.78, 5) is 15.4. The van der Waals surface area contributed by atoms with Gasteiger partial charge in [-0.05, 0) is 36.4 Å². The van der Waals surface area contributed by atoms with E-state index in [2.05, 4.69) is 16.0 Å². The number of pyridine rings is 1. The van der Waals surface area contributed by atoms with Crippen LogP contribution in [0.1, 0.15) is 12.8 Å². The fraction of sp³-hybridized carbons (Fsp3) is 0.500. The Balaban J connectivity index is 0.000000383. The highest BCUT2D eigenvalue weighted by atomic mass is 32.2. The zero-order chi connectivity index (χ0) is 24.1. The fourth-order valence-electron chi connectivity index (χ4n) is 3.91. The molecule has 1 N–H and O–H groups in total. The maximum absolute atomic E-state index is 13.0. The van der Waals surface area contributed by atoms with Gasteiger partial charge in [0.2, 0.25) is 0 Å². The van der Waals surface area contributed by atoms with Gasteiger partial charge in [-0.2, -0.15) is 17.5 Å². The van der Waals surface area contributed by atoms with E-state index in [-0.39, 0.29) is 5.41 Å². The minimum Gasteiger partial charge on any atom is -0.475 e. The molecule has 182 valence electrons. The van der Waals surface area contributed by atoms with Gasteiger partial charge in [0, 0.05) is 37.8 Å². The molecule has 2 aliphatic heterocycles. The first-order valence-corrected chi connectivity index (χ1v) is 12.4. The van der Waals surface area contributed by atoms with Crippen molar-refractivity contribution < 1.29 is 36.2 Å². The molecule has 2 saturated heterocycles. The van der Waals surface area contributed by atoms with Gasteiger partial charge in [0.25, 0.3) is 10.0 Å². The number of ether oxygens (including phenoxy) is 1. The second kappa shape index (κ2) is 10.4. The second-order valence-electron chi connectivity index (χ2n) is 7.86. The Kier molecular flexibility index (Phi) is 7.98. The van der Waals surface area contributed by atoms with E-state index in [4.69, 9.17) is 14.6 Å². The van der Waals surface area contributed by atoms with Crippen molar-refractivity contribution >= 4 is 33.0 Å². The number of aromatic nitrogens is 1. The molecular formula is C20H24F3N3O5S2. The zero-order valence-corrected chi connectivity index (χ0v) is 19.2. The molecule has 1 atom stereocenters. The summed E-state index contributed by atoms with van der Waals surface area (Å²) < 4.78 is 65.7. The number of halogens is 3. The molecule has 2 aromatic heterocycles. The molecule has 0 aliphatic carbocycles. The summed E-state index contributed by atoms with van der Waals surface area (Å²) in [7, 11) is -3.42. The first kappa shape index (κ1) is 25.4. The lowest BCUT2D eigenvalue weighted by molar-refractivity contribution is -0.192. The largest absolute Gasteiger partial charge is 0.490 e. The summed E-state index contributed by atoms with van der Waals surface area (Å²) in [6.07, 6.45) is 0.376. The third kappa shape index (κ3) is 6.43. The number of anilines is 1. The second-order valence-corrected chi connectivity index (χ2v) is 11.0. The quantitative estimate of drug-likeness (QED) is 0.682. The fourth-order valence-corrected chi connectivity index (χ4v) is 6.64. The number of thiophene rings is 1. The molecule has 1 spiro atoms. The average Bonchev–Trinajstić information content (AvgIpc) is 3.25. The Labute approximate surface area is 193 Å². The molecule has 2 aliphatic rings. The Morgan fingerprint density at radius 2 is 1.97 bits per heavy atom. The van der Waals surface area contributed by atoms with Crippen molar-refractivity contribution in [1.82, 2.24) is 9.29 Å². The van der Waals surface area contributed by atoms with Crippen LogP contribution in [0.15, 0.2) is 46.2 Å². The van der Waals surface area contributed by atoms with E-state index in [0.717, 1.165) is 31.6 Å². The molecule has 4 rings (SSSR count). The van der Waals surface area contributed by atoms with Gasteiger partial charge in [0.1, 0.15) is 4.21 Å². The van der Waals surface area contributed by atoms with E-state index in [1.165, 1.54) is 11.3 Å². The number of rotatable bonds is 3. The van der Waals surface area contributed by atoms with Gasteiger partial charge in [-0.1, -0.05) is 6.07 Å². The van der Waals surface area contributed by atoms with E-state index >= 15 is 0 Å². The number of hydrogen-bond acceptors (Lipinski definition) is 7. The third-order valence-electron chi connectivity index (χ3n) is 5.41. The van der Waals surface area contributed by atoms with Gasteiger partial charge in [-0.15, -0.1) is 11.3 Å². The van der Waals surface area contributed by atoms with Crippen molar-refractivity contribution in [3.63, 3.8) is 0 Å². The highest BCUT2D eigenvalue weighted by Crippen LogP contribution is 2.37. The van der Waals surface area contributed by atoms with E-state index in [9.17, 15) is 21.6 Å². The van der Waals surface area contributed by atoms with Crippen molar-refractivity contribution in [3.8, 4) is 0 Å². The molecule has 0 radical (unpaired) electrons. The highest BCUT2D eigenvalue weighted by Gasteiger charge is 2.43. The number of piperidine rings is 1. The minimum absolute atomic E-state index is 0.186. The maximum atomic E-state index is 13.0. The van der Waals surface area contributed by atoms with E-state index in [1.54, 1.807) is 22.6 Å². The van der Waals surface area contributed by atoms with Crippen LogP contribution in [0.4, 0.5) is 18.9 Å². The predicted octanol–water partition coefficient (Wildman–Crippen LogP) is 3.08. The molecule has 1 unspecified atom stereocenters. The molecule has 33 heavy (non-hydrogen) atoms. The number of carboxylic acid groups (broad SMARTS) is 1. The summed E-state index contributed by atoms with van der Waals surface area (Å²) in [6.45, 7) is 3.91. The van der Waals surface area contributed by atoms with Crippen LogP contribution in [0.2, 0.25) is 0 Å².